The maximum Gasteiger partial charge on any atom is 0.189 e. The van der Waals surface area contributed by atoms with Crippen molar-refractivity contribution >= 4 is 11.9 Å². The van der Waals surface area contributed by atoms with E-state index < -0.39 is 0 Å². The Balaban J connectivity index is 2.12. The third-order valence-electron chi connectivity index (χ3n) is 3.05. The van der Waals surface area contributed by atoms with E-state index >= 15 is 0 Å². The van der Waals surface area contributed by atoms with Gasteiger partial charge in [0.25, 0.3) is 0 Å². The zero-order valence-corrected chi connectivity index (χ0v) is 12.3. The first-order valence-electron chi connectivity index (χ1n) is 6.65. The molecule has 2 aromatic rings. The molecule has 0 aliphatic rings. The summed E-state index contributed by atoms with van der Waals surface area (Å²) in [5.74, 6) is 0.314. The van der Waals surface area contributed by atoms with E-state index in [1.165, 1.54) is 13.2 Å². The second kappa shape index (κ2) is 6.26. The number of hydrogen-bond donors (Lipinski definition) is 1. The molecule has 1 aromatic carbocycles. The van der Waals surface area contributed by atoms with Crippen LogP contribution in [0.2, 0.25) is 0 Å². The number of carbonyl (C=O) groups is 1. The van der Waals surface area contributed by atoms with E-state index in [4.69, 9.17) is 4.74 Å². The number of ether oxygens (including phenoxy) is 1. The molecule has 0 aliphatic heterocycles. The molecule has 1 N–H and O–H groups in total. The van der Waals surface area contributed by atoms with Crippen LogP contribution in [-0.2, 0) is 0 Å². The molecule has 110 valence electrons. The number of nitrogens with zero attached hydrogens (tertiary/aromatic N) is 2. The molecule has 0 bridgehead atoms. The molecule has 5 heteroatoms. The van der Waals surface area contributed by atoms with Crippen LogP contribution < -0.4 is 4.74 Å². The summed E-state index contributed by atoms with van der Waals surface area (Å²) >= 11 is 0. The molecule has 1 aromatic heterocycles. The summed E-state index contributed by atoms with van der Waals surface area (Å²) in [5, 5.41) is 13.8. The van der Waals surface area contributed by atoms with Crippen LogP contribution in [0.3, 0.4) is 0 Å². The van der Waals surface area contributed by atoms with Gasteiger partial charge in [-0.2, -0.15) is 5.10 Å². The van der Waals surface area contributed by atoms with Crippen molar-refractivity contribution in [3.63, 3.8) is 0 Å². The monoisotopic (exact) mass is 286 g/mol. The van der Waals surface area contributed by atoms with Gasteiger partial charge in [0, 0.05) is 12.2 Å². The van der Waals surface area contributed by atoms with Crippen LogP contribution in [0.15, 0.2) is 36.7 Å². The molecule has 1 heterocycles. The number of phenolic OH excluding ortho intramolecular Hbond substituents is 1. The minimum atomic E-state index is -0.128. The molecule has 21 heavy (non-hydrogen) atoms. The number of methoxy groups -OCH3 is 1. The van der Waals surface area contributed by atoms with Gasteiger partial charge < -0.3 is 9.84 Å². The third kappa shape index (κ3) is 3.51. The number of phenols is 1. The number of allylic oxidation sites excluding steroid dienone is 1. The zero-order chi connectivity index (χ0) is 15.4. The number of benzene rings is 1. The Labute approximate surface area is 123 Å². The molecular weight excluding hydrogens is 268 g/mol. The van der Waals surface area contributed by atoms with Crippen molar-refractivity contribution in [3.05, 3.63) is 47.8 Å². The van der Waals surface area contributed by atoms with Gasteiger partial charge >= 0.3 is 0 Å². The van der Waals surface area contributed by atoms with E-state index in [-0.39, 0.29) is 17.6 Å². The summed E-state index contributed by atoms with van der Waals surface area (Å²) in [6, 6.07) is 5.17. The van der Waals surface area contributed by atoms with Crippen molar-refractivity contribution in [3.8, 4) is 11.5 Å². The lowest BCUT2D eigenvalue weighted by Crippen LogP contribution is -2.00. The standard InChI is InChI=1S/C16H18N2O3/c1-11(2)18-10-13(9-17-18)14(19)6-4-12-5-7-16(21-3)15(20)8-12/h4-11,20H,1-3H3. The molecule has 0 fully saturated rings. The van der Waals surface area contributed by atoms with Crippen molar-refractivity contribution in [2.24, 2.45) is 0 Å². The fraction of sp³-hybridized carbons (Fsp3) is 0.250. The lowest BCUT2D eigenvalue weighted by atomic mass is 10.1. The van der Waals surface area contributed by atoms with E-state index in [1.807, 2.05) is 13.8 Å². The van der Waals surface area contributed by atoms with Crippen molar-refractivity contribution in [1.29, 1.82) is 0 Å². The minimum Gasteiger partial charge on any atom is -0.504 e. The number of rotatable bonds is 5. The van der Waals surface area contributed by atoms with Crippen LogP contribution in [0.25, 0.3) is 6.08 Å². The summed E-state index contributed by atoms with van der Waals surface area (Å²) in [6.45, 7) is 3.99. The topological polar surface area (TPSA) is 64.3 Å². The van der Waals surface area contributed by atoms with Crippen molar-refractivity contribution in [2.75, 3.05) is 7.11 Å². The van der Waals surface area contributed by atoms with Gasteiger partial charge in [0.15, 0.2) is 17.3 Å². The molecule has 0 radical (unpaired) electrons. The van der Waals surface area contributed by atoms with Gasteiger partial charge in [0.05, 0.1) is 18.9 Å². The first-order valence-corrected chi connectivity index (χ1v) is 6.65. The van der Waals surface area contributed by atoms with Crippen LogP contribution in [0.5, 0.6) is 11.5 Å². The summed E-state index contributed by atoms with van der Waals surface area (Å²) in [4.78, 5) is 12.0. The number of carbonyl (C=O) groups excluding carboxylic acids is 1. The Hall–Kier alpha value is -2.56. The van der Waals surface area contributed by atoms with Crippen molar-refractivity contribution < 1.29 is 14.6 Å². The van der Waals surface area contributed by atoms with E-state index in [0.29, 0.717) is 11.3 Å². The predicted octanol–water partition coefficient (Wildman–Crippen LogP) is 3.07. The molecular formula is C16H18N2O3. The Morgan fingerprint density at radius 3 is 2.76 bits per heavy atom. The molecule has 0 amide bonds. The molecule has 2 rings (SSSR count). The molecule has 0 spiro atoms. The van der Waals surface area contributed by atoms with Gasteiger partial charge in [-0.15, -0.1) is 0 Å². The highest BCUT2D eigenvalue weighted by Gasteiger charge is 2.07. The van der Waals surface area contributed by atoms with Crippen LogP contribution in [0.4, 0.5) is 0 Å². The van der Waals surface area contributed by atoms with Gasteiger partial charge in [-0.1, -0.05) is 12.1 Å². The third-order valence-corrected chi connectivity index (χ3v) is 3.05. The van der Waals surface area contributed by atoms with E-state index in [9.17, 15) is 9.90 Å². The molecule has 0 saturated carbocycles. The quantitative estimate of drug-likeness (QED) is 0.677. The SMILES string of the molecule is COc1ccc(C=CC(=O)c2cnn(C(C)C)c2)cc1O. The smallest absolute Gasteiger partial charge is 0.189 e. The summed E-state index contributed by atoms with van der Waals surface area (Å²) in [7, 11) is 1.49. The lowest BCUT2D eigenvalue weighted by molar-refractivity contribution is 0.104. The summed E-state index contributed by atoms with van der Waals surface area (Å²) in [6.07, 6.45) is 6.39. The van der Waals surface area contributed by atoms with Crippen molar-refractivity contribution in [2.45, 2.75) is 19.9 Å². The predicted molar refractivity (Wildman–Crippen MR) is 80.6 cm³/mol. The molecule has 0 atom stereocenters. The fourth-order valence-electron chi connectivity index (χ4n) is 1.83. The zero-order valence-electron chi connectivity index (χ0n) is 12.3. The second-order valence-electron chi connectivity index (χ2n) is 4.93. The Kier molecular flexibility index (Phi) is 4.42. The van der Waals surface area contributed by atoms with E-state index in [1.54, 1.807) is 41.4 Å². The van der Waals surface area contributed by atoms with E-state index in [2.05, 4.69) is 5.10 Å². The largest absolute Gasteiger partial charge is 0.504 e. The maximum absolute atomic E-state index is 12.0. The number of aromatic hydroxyl groups is 1. The average Bonchev–Trinajstić information content (AvgIpc) is 2.95. The lowest BCUT2D eigenvalue weighted by Gasteiger charge is -2.03. The Morgan fingerprint density at radius 1 is 1.43 bits per heavy atom. The fourth-order valence-corrected chi connectivity index (χ4v) is 1.83. The molecule has 0 aliphatic carbocycles. The highest BCUT2D eigenvalue weighted by Crippen LogP contribution is 2.26. The van der Waals surface area contributed by atoms with Crippen LogP contribution in [-0.4, -0.2) is 27.8 Å². The average molecular weight is 286 g/mol. The number of aromatic nitrogens is 2. The van der Waals surface area contributed by atoms with Crippen LogP contribution in [0, 0.1) is 0 Å². The minimum absolute atomic E-state index is 0.0414. The molecule has 0 unspecified atom stereocenters. The first kappa shape index (κ1) is 14.8. The van der Waals surface area contributed by atoms with Gasteiger partial charge in [-0.25, -0.2) is 0 Å². The van der Waals surface area contributed by atoms with Gasteiger partial charge in [0.2, 0.25) is 0 Å². The van der Waals surface area contributed by atoms with Gasteiger partial charge in [-0.05, 0) is 37.6 Å². The summed E-state index contributed by atoms with van der Waals surface area (Å²) < 4.78 is 6.70. The molecule has 5 nitrogen and oxygen atoms in total. The van der Waals surface area contributed by atoms with E-state index in [0.717, 1.165) is 5.56 Å². The second-order valence-corrected chi connectivity index (χ2v) is 4.93. The molecule has 0 saturated heterocycles. The Morgan fingerprint density at radius 2 is 2.19 bits per heavy atom. The normalized spacial score (nSPS) is 11.2. The summed E-state index contributed by atoms with van der Waals surface area (Å²) in [5.41, 5.74) is 1.26. The highest BCUT2D eigenvalue weighted by atomic mass is 16.5. The van der Waals surface area contributed by atoms with Crippen LogP contribution >= 0.6 is 0 Å². The van der Waals surface area contributed by atoms with Gasteiger partial charge in [0.1, 0.15) is 0 Å². The number of ketones is 1. The van der Waals surface area contributed by atoms with Crippen molar-refractivity contribution in [1.82, 2.24) is 9.78 Å². The van der Waals surface area contributed by atoms with Gasteiger partial charge in [-0.3, -0.25) is 9.48 Å². The maximum atomic E-state index is 12.0. The first-order chi connectivity index (χ1) is 10.0. The Bertz CT molecular complexity index is 672. The number of hydrogen-bond acceptors (Lipinski definition) is 4. The van der Waals surface area contributed by atoms with Crippen LogP contribution in [0.1, 0.15) is 35.8 Å². The highest BCUT2D eigenvalue weighted by molar-refractivity contribution is 6.06.